The van der Waals surface area contributed by atoms with Gasteiger partial charge in [0.15, 0.2) is 6.04 Å². The third-order valence-corrected chi connectivity index (χ3v) is 6.24. The number of halogens is 6. The Hall–Kier alpha value is -4.21. The zero-order chi connectivity index (χ0) is 27.1. The Balaban J connectivity index is 1.53. The third kappa shape index (κ3) is 5.25. The number of nitrogens with one attached hydrogen (secondary N) is 1. The van der Waals surface area contributed by atoms with Gasteiger partial charge in [-0.1, -0.05) is 60.7 Å². The van der Waals surface area contributed by atoms with Crippen LogP contribution < -0.4 is 9.88 Å². The summed E-state index contributed by atoms with van der Waals surface area (Å²) >= 11 is 0. The average Bonchev–Trinajstić information content (AvgIpc) is 3.19. The molecule has 1 unspecified atom stereocenters. The van der Waals surface area contributed by atoms with Crippen molar-refractivity contribution in [2.24, 2.45) is 0 Å². The Morgan fingerprint density at radius 2 is 1.37 bits per heavy atom. The van der Waals surface area contributed by atoms with Crippen molar-refractivity contribution >= 4 is 11.7 Å². The fraction of sp³-hybridized carbons (Fsp3) is 0.179. The molecule has 0 saturated carbocycles. The fourth-order valence-electron chi connectivity index (χ4n) is 4.45. The second kappa shape index (κ2) is 9.59. The van der Waals surface area contributed by atoms with E-state index in [4.69, 9.17) is 4.98 Å². The van der Waals surface area contributed by atoms with E-state index >= 15 is 0 Å². The van der Waals surface area contributed by atoms with Crippen LogP contribution in [0.15, 0.2) is 85.1 Å². The first-order valence-corrected chi connectivity index (χ1v) is 11.6. The number of aromatic nitrogens is 2. The lowest BCUT2D eigenvalue weighted by atomic mass is 9.99. The highest BCUT2D eigenvalue weighted by molar-refractivity contribution is 5.82. The molecule has 0 amide bonds. The molecular weight excluding hydrogens is 508 g/mol. The van der Waals surface area contributed by atoms with E-state index in [0.29, 0.717) is 35.8 Å². The lowest BCUT2D eigenvalue weighted by Gasteiger charge is -2.14. The summed E-state index contributed by atoms with van der Waals surface area (Å²) in [5.74, 6) is -0.147. The van der Waals surface area contributed by atoms with Crippen molar-refractivity contribution in [1.82, 2.24) is 4.98 Å². The molecule has 0 radical (unpaired) electrons. The lowest BCUT2D eigenvalue weighted by Crippen LogP contribution is -2.44. The predicted molar refractivity (Wildman–Crippen MR) is 127 cm³/mol. The van der Waals surface area contributed by atoms with Crippen molar-refractivity contribution < 1.29 is 35.7 Å². The Morgan fingerprint density at radius 1 is 0.789 bits per heavy atom. The zero-order valence-corrected chi connectivity index (χ0v) is 19.6. The largest absolute Gasteiger partial charge is 0.416 e. The topological polar surface area (TPSA) is 45.9 Å². The molecule has 5 rings (SSSR count). The van der Waals surface area contributed by atoms with E-state index < -0.39 is 35.4 Å². The van der Waals surface area contributed by atoms with Crippen molar-refractivity contribution in [1.29, 1.82) is 0 Å². The summed E-state index contributed by atoms with van der Waals surface area (Å²) in [7, 11) is 0. The Kier molecular flexibility index (Phi) is 6.42. The molecule has 0 saturated heterocycles. The molecule has 1 aliphatic heterocycles. The minimum atomic E-state index is -4.97. The summed E-state index contributed by atoms with van der Waals surface area (Å²) in [6.07, 6.45) is -8.44. The van der Waals surface area contributed by atoms with Crippen molar-refractivity contribution in [2.45, 2.75) is 31.2 Å². The molecule has 0 aliphatic carbocycles. The number of nitrogens with zero attached hydrogens (tertiary/aromatic N) is 2. The first kappa shape index (κ1) is 25.4. The van der Waals surface area contributed by atoms with E-state index in [-0.39, 0.29) is 18.1 Å². The molecule has 1 aliphatic rings. The highest BCUT2D eigenvalue weighted by Crippen LogP contribution is 2.37. The summed E-state index contributed by atoms with van der Waals surface area (Å²) in [5, 5.41) is 3.01. The lowest BCUT2D eigenvalue weighted by molar-refractivity contribution is -0.552. The quantitative estimate of drug-likeness (QED) is 0.243. The van der Waals surface area contributed by atoms with Crippen molar-refractivity contribution in [2.75, 3.05) is 5.32 Å². The van der Waals surface area contributed by atoms with Gasteiger partial charge in [-0.3, -0.25) is 5.32 Å². The number of hydrogen-bond acceptors (Lipinski definition) is 3. The first-order chi connectivity index (χ1) is 18.0. The Labute approximate surface area is 213 Å². The monoisotopic (exact) mass is 528 g/mol. The van der Waals surface area contributed by atoms with Crippen LogP contribution in [-0.2, 0) is 25.2 Å². The van der Waals surface area contributed by atoms with Crippen LogP contribution in [0, 0.1) is 0 Å². The summed E-state index contributed by atoms with van der Waals surface area (Å²) in [6.45, 7) is 0. The van der Waals surface area contributed by atoms with Crippen LogP contribution in [-0.4, -0.2) is 16.9 Å². The molecular formula is C28H20F6N3O+. The smallest absolute Gasteiger partial charge is 0.258 e. The summed E-state index contributed by atoms with van der Waals surface area (Å²) in [5.41, 5.74) is -0.402. The van der Waals surface area contributed by atoms with Crippen molar-refractivity contribution in [3.8, 4) is 11.3 Å². The van der Waals surface area contributed by atoms with Crippen LogP contribution in [0.5, 0.6) is 0 Å². The average molecular weight is 528 g/mol. The van der Waals surface area contributed by atoms with Crippen molar-refractivity contribution in [3.05, 3.63) is 113 Å². The van der Waals surface area contributed by atoms with Crippen LogP contribution in [0.25, 0.3) is 11.3 Å². The SMILES string of the molecule is O=C1C(Cc2cc(C(F)(F)F)cc(C(F)(F)F)c2)Nc2c(Cc3ccccc3)nc(-c3ccccc3)c[n+]21. The van der Waals surface area contributed by atoms with Crippen molar-refractivity contribution in [3.63, 3.8) is 0 Å². The van der Waals surface area contributed by atoms with Gasteiger partial charge in [-0.05, 0) is 29.3 Å². The Morgan fingerprint density at radius 3 is 1.95 bits per heavy atom. The van der Waals surface area contributed by atoms with E-state index in [9.17, 15) is 31.1 Å². The predicted octanol–water partition coefficient (Wildman–Crippen LogP) is 6.34. The van der Waals surface area contributed by atoms with Crippen LogP contribution in [0.1, 0.15) is 32.7 Å². The molecule has 1 N–H and O–H groups in total. The number of carbonyl (C=O) groups excluding carboxylic acids is 1. The van der Waals surface area contributed by atoms with Gasteiger partial charge in [0.1, 0.15) is 17.6 Å². The van der Waals surface area contributed by atoms with Crippen LogP contribution in [0.4, 0.5) is 32.2 Å². The number of alkyl halides is 6. The standard InChI is InChI=1S/C28H19F6N3O/c29-27(30,31)20-11-18(12-21(15-20)28(32,33)34)14-23-26(38)37-16-24(19-9-5-2-6-10-19)35-22(25(37)36-23)13-17-7-3-1-4-8-17/h1-12,15-16,23H,13-14H2/p+1. The minimum absolute atomic E-state index is 0.0743. The molecule has 194 valence electrons. The maximum absolute atomic E-state index is 13.4. The second-order valence-electron chi connectivity index (χ2n) is 8.97. The molecule has 4 nitrogen and oxygen atoms in total. The molecule has 0 spiro atoms. The van der Waals surface area contributed by atoms with Gasteiger partial charge in [0.25, 0.3) is 0 Å². The fourth-order valence-corrected chi connectivity index (χ4v) is 4.45. The Bertz CT molecular complexity index is 1450. The number of rotatable bonds is 5. The molecule has 38 heavy (non-hydrogen) atoms. The molecule has 2 heterocycles. The summed E-state index contributed by atoms with van der Waals surface area (Å²) in [4.78, 5) is 18.1. The van der Waals surface area contributed by atoms with E-state index in [2.05, 4.69) is 5.32 Å². The van der Waals surface area contributed by atoms with Crippen LogP contribution in [0.3, 0.4) is 0 Å². The van der Waals surface area contributed by atoms with E-state index in [0.717, 1.165) is 11.1 Å². The van der Waals surface area contributed by atoms with Gasteiger partial charge in [0.05, 0.1) is 11.1 Å². The number of anilines is 1. The molecule has 10 heteroatoms. The molecule has 4 aromatic rings. The van der Waals surface area contributed by atoms with E-state index in [1.54, 1.807) is 0 Å². The highest BCUT2D eigenvalue weighted by Gasteiger charge is 2.42. The van der Waals surface area contributed by atoms with Gasteiger partial charge in [0, 0.05) is 18.4 Å². The maximum atomic E-state index is 13.4. The zero-order valence-electron chi connectivity index (χ0n) is 19.6. The number of carbonyl (C=O) groups is 1. The number of fused-ring (bicyclic) bond motifs is 1. The summed E-state index contributed by atoms with van der Waals surface area (Å²) < 4.78 is 81.4. The van der Waals surface area contributed by atoms with Gasteiger partial charge in [-0.15, -0.1) is 0 Å². The van der Waals surface area contributed by atoms with Crippen LogP contribution >= 0.6 is 0 Å². The van der Waals surface area contributed by atoms with E-state index in [1.165, 1.54) is 10.8 Å². The molecule has 0 bridgehead atoms. The first-order valence-electron chi connectivity index (χ1n) is 11.6. The molecule has 1 aromatic heterocycles. The van der Waals surface area contributed by atoms with Gasteiger partial charge in [0.2, 0.25) is 0 Å². The van der Waals surface area contributed by atoms with Gasteiger partial charge >= 0.3 is 24.1 Å². The van der Waals surface area contributed by atoms with Gasteiger partial charge < -0.3 is 0 Å². The molecule has 0 fully saturated rings. The molecule has 1 atom stereocenters. The summed E-state index contributed by atoms with van der Waals surface area (Å²) in [6, 6.07) is 18.8. The minimum Gasteiger partial charge on any atom is -0.258 e. The van der Waals surface area contributed by atoms with Gasteiger partial charge in [-0.25, -0.2) is 9.78 Å². The third-order valence-electron chi connectivity index (χ3n) is 6.24. The normalized spacial score (nSPS) is 15.3. The van der Waals surface area contributed by atoms with Crippen LogP contribution in [0.2, 0.25) is 0 Å². The second-order valence-corrected chi connectivity index (χ2v) is 8.97. The number of benzene rings is 3. The maximum Gasteiger partial charge on any atom is 0.416 e. The van der Waals surface area contributed by atoms with E-state index in [1.807, 2.05) is 60.7 Å². The molecule has 3 aromatic carbocycles. The van der Waals surface area contributed by atoms with Gasteiger partial charge in [-0.2, -0.15) is 30.9 Å². The number of hydrogen-bond donors (Lipinski definition) is 1. The highest BCUT2D eigenvalue weighted by atomic mass is 19.4.